The fourth-order valence-corrected chi connectivity index (χ4v) is 4.82. The molecule has 1 aromatic heterocycles. The molecule has 6 nitrogen and oxygen atoms in total. The number of hydrogen-bond acceptors (Lipinski definition) is 5. The van der Waals surface area contributed by atoms with Crippen molar-refractivity contribution in [2.24, 2.45) is 0 Å². The molecule has 0 amide bonds. The van der Waals surface area contributed by atoms with Crippen molar-refractivity contribution < 1.29 is 14.3 Å². The second kappa shape index (κ2) is 11.8. The summed E-state index contributed by atoms with van der Waals surface area (Å²) < 4.78 is 12.8. The number of carbonyl (C=O) groups is 1. The van der Waals surface area contributed by atoms with Gasteiger partial charge >= 0.3 is 5.97 Å². The average molecular weight is 506 g/mol. The van der Waals surface area contributed by atoms with Crippen LogP contribution in [-0.2, 0) is 16.1 Å². The Morgan fingerprint density at radius 3 is 2.56 bits per heavy atom. The van der Waals surface area contributed by atoms with Gasteiger partial charge in [-0.05, 0) is 62.3 Å². The molecular formula is C26H33Cl2N3O3. The molecule has 0 saturated carbocycles. The van der Waals surface area contributed by atoms with E-state index in [9.17, 15) is 4.79 Å². The topological polar surface area (TPSA) is 65.4 Å². The summed E-state index contributed by atoms with van der Waals surface area (Å²) in [4.78, 5) is 16.9. The fraction of sp³-hybridized carbons (Fsp3) is 0.462. The maximum absolute atomic E-state index is 12.0. The summed E-state index contributed by atoms with van der Waals surface area (Å²) in [7, 11) is 1.61. The zero-order chi connectivity index (χ0) is 24.8. The zero-order valence-electron chi connectivity index (χ0n) is 20.5. The Morgan fingerprint density at radius 2 is 1.91 bits per heavy atom. The maximum Gasteiger partial charge on any atom is 0.305 e. The molecule has 0 aliphatic rings. The quantitative estimate of drug-likeness (QED) is 0.271. The number of rotatable bonds is 11. The highest BCUT2D eigenvalue weighted by molar-refractivity contribution is 6.35. The van der Waals surface area contributed by atoms with Crippen molar-refractivity contribution in [3.8, 4) is 5.75 Å². The summed E-state index contributed by atoms with van der Waals surface area (Å²) in [6, 6.07) is 7.67. The van der Waals surface area contributed by atoms with Crippen LogP contribution in [0.3, 0.4) is 0 Å². The number of fused-ring (bicyclic) bond motifs is 1. The predicted molar refractivity (Wildman–Crippen MR) is 140 cm³/mol. The van der Waals surface area contributed by atoms with E-state index in [4.69, 9.17) is 37.7 Å². The standard InChI is InChI=1S/C26H33Cl2N3O3/c1-6-17(7-2)19-11-12-20(28)24-25(19)31(13-9-10-22(32)34-8-3)26(30-24)29-23-16(4)14-18(27)15-21(23)33-5/h11-12,14-15,17H,6-10,13H2,1-5H3,(H,29,30). The lowest BCUT2D eigenvalue weighted by Gasteiger charge is -2.19. The van der Waals surface area contributed by atoms with E-state index in [1.54, 1.807) is 13.2 Å². The first-order valence-corrected chi connectivity index (χ1v) is 12.5. The lowest BCUT2D eigenvalue weighted by molar-refractivity contribution is -0.143. The van der Waals surface area contributed by atoms with E-state index in [2.05, 4.69) is 29.8 Å². The molecule has 0 bridgehead atoms. The van der Waals surface area contributed by atoms with E-state index >= 15 is 0 Å². The van der Waals surface area contributed by atoms with Crippen LogP contribution in [0, 0.1) is 6.92 Å². The number of nitrogens with one attached hydrogen (secondary N) is 1. The first-order chi connectivity index (χ1) is 16.3. The van der Waals surface area contributed by atoms with Crippen molar-refractivity contribution in [2.75, 3.05) is 19.0 Å². The molecule has 3 rings (SSSR count). The van der Waals surface area contributed by atoms with Gasteiger partial charge in [-0.25, -0.2) is 4.98 Å². The lowest BCUT2D eigenvalue weighted by atomic mass is 9.93. The summed E-state index contributed by atoms with van der Waals surface area (Å²) >= 11 is 12.9. The normalized spacial score (nSPS) is 11.3. The number of aromatic nitrogens is 2. The Balaban J connectivity index is 2.14. The van der Waals surface area contributed by atoms with E-state index in [0.717, 1.165) is 35.1 Å². The van der Waals surface area contributed by atoms with E-state index in [1.807, 2.05) is 26.0 Å². The third-order valence-corrected chi connectivity index (χ3v) is 6.61. The van der Waals surface area contributed by atoms with Crippen molar-refractivity contribution in [1.29, 1.82) is 0 Å². The molecule has 0 saturated heterocycles. The molecule has 0 unspecified atom stereocenters. The van der Waals surface area contributed by atoms with Gasteiger partial charge in [0.25, 0.3) is 0 Å². The molecular weight excluding hydrogens is 473 g/mol. The van der Waals surface area contributed by atoms with Crippen molar-refractivity contribution in [2.45, 2.75) is 65.8 Å². The van der Waals surface area contributed by atoms with Crippen LogP contribution >= 0.6 is 23.2 Å². The Bertz CT molecular complexity index is 1160. The molecule has 34 heavy (non-hydrogen) atoms. The molecule has 184 valence electrons. The summed E-state index contributed by atoms with van der Waals surface area (Å²) in [5, 5.41) is 4.66. The van der Waals surface area contributed by atoms with Gasteiger partial charge in [-0.3, -0.25) is 4.79 Å². The molecule has 1 N–H and O–H groups in total. The Hall–Kier alpha value is -2.44. The number of esters is 1. The van der Waals surface area contributed by atoms with Gasteiger partial charge in [-0.1, -0.05) is 43.1 Å². The fourth-order valence-electron chi connectivity index (χ4n) is 4.36. The molecule has 2 aromatic carbocycles. The van der Waals surface area contributed by atoms with Crippen LogP contribution in [-0.4, -0.2) is 29.2 Å². The molecule has 0 atom stereocenters. The molecule has 0 aliphatic heterocycles. The van der Waals surface area contributed by atoms with Gasteiger partial charge in [-0.15, -0.1) is 0 Å². The summed E-state index contributed by atoms with van der Waals surface area (Å²) in [5.74, 6) is 1.44. The minimum Gasteiger partial charge on any atom is -0.495 e. The molecule has 0 radical (unpaired) electrons. The second-order valence-electron chi connectivity index (χ2n) is 8.27. The van der Waals surface area contributed by atoms with Crippen LogP contribution in [0.1, 0.15) is 63.5 Å². The Morgan fingerprint density at radius 1 is 1.18 bits per heavy atom. The summed E-state index contributed by atoms with van der Waals surface area (Å²) in [5.41, 5.74) is 4.67. The molecule has 3 aromatic rings. The van der Waals surface area contributed by atoms with E-state index in [1.165, 1.54) is 5.56 Å². The lowest BCUT2D eigenvalue weighted by Crippen LogP contribution is -2.10. The van der Waals surface area contributed by atoms with Crippen molar-refractivity contribution >= 4 is 51.8 Å². The van der Waals surface area contributed by atoms with Gasteiger partial charge in [0.1, 0.15) is 11.3 Å². The van der Waals surface area contributed by atoms with Gasteiger partial charge < -0.3 is 19.4 Å². The number of methoxy groups -OCH3 is 1. The molecule has 0 fully saturated rings. The van der Waals surface area contributed by atoms with Gasteiger partial charge in [0.15, 0.2) is 0 Å². The van der Waals surface area contributed by atoms with Crippen molar-refractivity contribution in [3.05, 3.63) is 45.4 Å². The minimum absolute atomic E-state index is 0.199. The number of imidazole rings is 1. The van der Waals surface area contributed by atoms with Crippen LogP contribution in [0.25, 0.3) is 11.0 Å². The molecule has 8 heteroatoms. The Labute approximate surface area is 211 Å². The molecule has 0 aliphatic carbocycles. The van der Waals surface area contributed by atoms with Gasteiger partial charge in [0.2, 0.25) is 5.95 Å². The molecule has 1 heterocycles. The third-order valence-electron chi connectivity index (χ3n) is 6.09. The van der Waals surface area contributed by atoms with Gasteiger partial charge in [0, 0.05) is 24.1 Å². The van der Waals surface area contributed by atoms with Crippen LogP contribution in [0.2, 0.25) is 10.0 Å². The monoisotopic (exact) mass is 505 g/mol. The van der Waals surface area contributed by atoms with Gasteiger partial charge in [0.05, 0.1) is 29.9 Å². The van der Waals surface area contributed by atoms with E-state index in [0.29, 0.717) is 53.7 Å². The van der Waals surface area contributed by atoms with Crippen LogP contribution < -0.4 is 10.1 Å². The number of ether oxygens (including phenoxy) is 2. The smallest absolute Gasteiger partial charge is 0.305 e. The highest BCUT2D eigenvalue weighted by Gasteiger charge is 2.22. The SMILES string of the molecule is CCOC(=O)CCCn1c(Nc2c(C)cc(Cl)cc2OC)nc2c(Cl)ccc(C(CC)CC)c21. The van der Waals surface area contributed by atoms with Crippen molar-refractivity contribution in [1.82, 2.24) is 9.55 Å². The van der Waals surface area contributed by atoms with Crippen LogP contribution in [0.15, 0.2) is 24.3 Å². The number of benzene rings is 2. The number of nitrogens with zero attached hydrogens (tertiary/aromatic N) is 2. The van der Waals surface area contributed by atoms with Gasteiger partial charge in [-0.2, -0.15) is 0 Å². The zero-order valence-corrected chi connectivity index (χ0v) is 22.0. The number of aryl methyl sites for hydroxylation is 2. The highest BCUT2D eigenvalue weighted by atomic mass is 35.5. The third kappa shape index (κ3) is 5.61. The number of anilines is 2. The largest absolute Gasteiger partial charge is 0.495 e. The van der Waals surface area contributed by atoms with E-state index < -0.39 is 0 Å². The highest BCUT2D eigenvalue weighted by Crippen LogP contribution is 2.39. The maximum atomic E-state index is 12.0. The first-order valence-electron chi connectivity index (χ1n) is 11.8. The summed E-state index contributed by atoms with van der Waals surface area (Å²) in [6.07, 6.45) is 2.96. The van der Waals surface area contributed by atoms with Crippen molar-refractivity contribution in [3.63, 3.8) is 0 Å². The number of carbonyl (C=O) groups excluding carboxylic acids is 1. The predicted octanol–water partition coefficient (Wildman–Crippen LogP) is 7.65. The number of halogens is 2. The van der Waals surface area contributed by atoms with Crippen LogP contribution in [0.4, 0.5) is 11.6 Å². The average Bonchev–Trinajstić information content (AvgIpc) is 3.17. The van der Waals surface area contributed by atoms with Crippen LogP contribution in [0.5, 0.6) is 5.75 Å². The van der Waals surface area contributed by atoms with E-state index in [-0.39, 0.29) is 5.97 Å². The number of hydrogen-bond donors (Lipinski definition) is 1. The second-order valence-corrected chi connectivity index (χ2v) is 9.11. The molecule has 0 spiro atoms. The Kier molecular flexibility index (Phi) is 9.09. The minimum atomic E-state index is -0.199. The first kappa shape index (κ1) is 26.2. The summed E-state index contributed by atoms with van der Waals surface area (Å²) in [6.45, 7) is 9.13.